The van der Waals surface area contributed by atoms with Gasteiger partial charge in [-0.1, -0.05) is 24.3 Å². The number of hydrogen-bond acceptors (Lipinski definition) is 2. The van der Waals surface area contributed by atoms with Crippen molar-refractivity contribution in [1.82, 2.24) is 0 Å². The van der Waals surface area contributed by atoms with E-state index in [1.54, 1.807) is 0 Å². The smallest absolute Gasteiger partial charge is 0.289 e. The van der Waals surface area contributed by atoms with Gasteiger partial charge >= 0.3 is 0 Å². The minimum Gasteiger partial charge on any atom is -0.521 e. The van der Waals surface area contributed by atoms with Crippen LogP contribution in [-0.4, -0.2) is 15.7 Å². The van der Waals surface area contributed by atoms with Crippen LogP contribution in [0.4, 0.5) is 0 Å². The zero-order chi connectivity index (χ0) is 8.97. The van der Waals surface area contributed by atoms with Gasteiger partial charge < -0.3 is 4.43 Å². The van der Waals surface area contributed by atoms with Crippen molar-refractivity contribution in [1.29, 1.82) is 0 Å². The predicted molar refractivity (Wildman–Crippen MR) is 51.1 cm³/mol. The van der Waals surface area contributed by atoms with Gasteiger partial charge in [-0.2, -0.15) is 0 Å². The lowest BCUT2D eigenvalue weighted by Crippen LogP contribution is -2.21. The quantitative estimate of drug-likeness (QED) is 0.611. The van der Waals surface area contributed by atoms with E-state index in [-0.39, 0.29) is 5.97 Å². The van der Waals surface area contributed by atoms with Crippen molar-refractivity contribution < 1.29 is 9.22 Å². The molecule has 0 fully saturated rings. The molecule has 0 aliphatic rings. The third-order valence-corrected chi connectivity index (χ3v) is 3.35. The van der Waals surface area contributed by atoms with E-state index in [0.717, 1.165) is 0 Å². The van der Waals surface area contributed by atoms with Gasteiger partial charge in [0.25, 0.3) is 15.7 Å². The number of benzene rings is 1. The van der Waals surface area contributed by atoms with Crippen LogP contribution >= 0.6 is 0 Å². The van der Waals surface area contributed by atoms with Crippen LogP contribution in [0.15, 0.2) is 24.3 Å². The highest BCUT2D eigenvalue weighted by Gasteiger charge is 1.99. The van der Waals surface area contributed by atoms with Gasteiger partial charge in [0.2, 0.25) is 0 Å². The first-order chi connectivity index (χ1) is 5.70. The van der Waals surface area contributed by atoms with Crippen molar-refractivity contribution in [2.75, 3.05) is 0 Å². The molecule has 2 nitrogen and oxygen atoms in total. The third kappa shape index (κ3) is 2.51. The Labute approximate surface area is 74.5 Å². The molecule has 0 heterocycles. The van der Waals surface area contributed by atoms with Crippen LogP contribution in [0.3, 0.4) is 0 Å². The molecule has 0 saturated heterocycles. The van der Waals surface area contributed by atoms with Crippen LogP contribution in [0.2, 0.25) is 0 Å². The molecule has 0 aliphatic carbocycles. The molecular formula is C9H12O2Si. The Balaban J connectivity index is 2.63. The van der Waals surface area contributed by atoms with E-state index in [2.05, 4.69) is 0 Å². The first-order valence-electron chi connectivity index (χ1n) is 3.88. The number of rotatable bonds is 2. The summed E-state index contributed by atoms with van der Waals surface area (Å²) in [7, 11) is -0.837. The van der Waals surface area contributed by atoms with Crippen molar-refractivity contribution in [2.45, 2.75) is 13.8 Å². The van der Waals surface area contributed by atoms with Crippen molar-refractivity contribution in [3.8, 4) is 0 Å². The number of aryl methyl sites for hydroxylation is 1. The summed E-state index contributed by atoms with van der Waals surface area (Å²) in [5, 5.41) is 1.20. The number of hydrogen-bond donors (Lipinski definition) is 0. The van der Waals surface area contributed by atoms with E-state index in [0.29, 0.717) is 0 Å². The zero-order valence-electron chi connectivity index (χ0n) is 7.33. The summed E-state index contributed by atoms with van der Waals surface area (Å²) in [6, 6.07) is 8.01. The van der Waals surface area contributed by atoms with Crippen LogP contribution < -0.4 is 5.19 Å². The maximum Gasteiger partial charge on any atom is 0.289 e. The summed E-state index contributed by atoms with van der Waals surface area (Å²) in [6.45, 7) is 3.48. The molecule has 1 rings (SSSR count). The Kier molecular flexibility index (Phi) is 3.05. The summed E-state index contributed by atoms with van der Waals surface area (Å²) in [5.74, 6) is -0.176. The summed E-state index contributed by atoms with van der Waals surface area (Å²) in [6.07, 6.45) is 0. The average molecular weight is 180 g/mol. The van der Waals surface area contributed by atoms with Gasteiger partial charge in [0.05, 0.1) is 0 Å². The van der Waals surface area contributed by atoms with Gasteiger partial charge in [0, 0.05) is 6.92 Å². The Bertz CT molecular complexity index is 284. The Morgan fingerprint density at radius 3 is 2.67 bits per heavy atom. The fraction of sp³-hybridized carbons (Fsp3) is 0.222. The first kappa shape index (κ1) is 9.00. The molecule has 0 aliphatic heterocycles. The molecular weight excluding hydrogens is 168 g/mol. The van der Waals surface area contributed by atoms with E-state index < -0.39 is 9.76 Å². The lowest BCUT2D eigenvalue weighted by atomic mass is 10.2. The standard InChI is InChI=1S/C9H12O2Si/c1-7-5-3-4-6-9(7)12-11-8(2)10/h3-6H,12H2,1-2H3. The van der Waals surface area contributed by atoms with Crippen LogP contribution in [0.1, 0.15) is 12.5 Å². The zero-order valence-corrected chi connectivity index (χ0v) is 8.75. The molecule has 3 heteroatoms. The first-order valence-corrected chi connectivity index (χ1v) is 5.16. The average Bonchev–Trinajstić information content (AvgIpc) is 2.03. The van der Waals surface area contributed by atoms with Crippen LogP contribution in [-0.2, 0) is 9.22 Å². The molecule has 0 amide bonds. The normalized spacial score (nSPS) is 10.5. The van der Waals surface area contributed by atoms with E-state index in [4.69, 9.17) is 4.43 Å². The summed E-state index contributed by atoms with van der Waals surface area (Å²) >= 11 is 0. The van der Waals surface area contributed by atoms with Crippen LogP contribution in [0, 0.1) is 6.92 Å². The largest absolute Gasteiger partial charge is 0.521 e. The Morgan fingerprint density at radius 2 is 2.08 bits per heavy atom. The van der Waals surface area contributed by atoms with E-state index >= 15 is 0 Å². The lowest BCUT2D eigenvalue weighted by Gasteiger charge is -2.03. The highest BCUT2D eigenvalue weighted by Crippen LogP contribution is 1.91. The van der Waals surface area contributed by atoms with Crippen molar-refractivity contribution in [3.63, 3.8) is 0 Å². The SMILES string of the molecule is CC(=O)O[SiH2]c1ccccc1C. The molecule has 0 atom stereocenters. The fourth-order valence-electron chi connectivity index (χ4n) is 0.951. The van der Waals surface area contributed by atoms with Gasteiger partial charge in [0.15, 0.2) is 0 Å². The molecule has 0 bridgehead atoms. The molecule has 0 N–H and O–H groups in total. The number of carbonyl (C=O) groups excluding carboxylic acids is 1. The molecule has 1 aromatic carbocycles. The maximum atomic E-state index is 10.5. The molecule has 0 spiro atoms. The van der Waals surface area contributed by atoms with Gasteiger partial charge in [-0.15, -0.1) is 0 Å². The third-order valence-electron chi connectivity index (χ3n) is 1.69. The predicted octanol–water partition coefficient (Wildman–Crippen LogP) is 0.267. The molecule has 64 valence electrons. The van der Waals surface area contributed by atoms with Gasteiger partial charge in [-0.05, 0) is 17.7 Å². The molecule has 0 aromatic heterocycles. The minimum absolute atomic E-state index is 0.176. The second-order valence-electron chi connectivity index (χ2n) is 2.71. The second-order valence-corrected chi connectivity index (χ2v) is 4.05. The van der Waals surface area contributed by atoms with Crippen molar-refractivity contribution in [2.24, 2.45) is 0 Å². The van der Waals surface area contributed by atoms with E-state index in [1.165, 1.54) is 17.7 Å². The van der Waals surface area contributed by atoms with Gasteiger partial charge in [-0.3, -0.25) is 4.79 Å². The highest BCUT2D eigenvalue weighted by molar-refractivity contribution is 6.49. The molecule has 12 heavy (non-hydrogen) atoms. The second kappa shape index (κ2) is 4.06. The summed E-state index contributed by atoms with van der Waals surface area (Å²) in [5.41, 5.74) is 1.21. The number of carbonyl (C=O) groups is 1. The van der Waals surface area contributed by atoms with Crippen LogP contribution in [0.5, 0.6) is 0 Å². The molecule has 1 aromatic rings. The van der Waals surface area contributed by atoms with Gasteiger partial charge in [-0.25, -0.2) is 0 Å². The van der Waals surface area contributed by atoms with Crippen LogP contribution in [0.25, 0.3) is 0 Å². The summed E-state index contributed by atoms with van der Waals surface area (Å²) in [4.78, 5) is 10.5. The monoisotopic (exact) mass is 180 g/mol. The Morgan fingerprint density at radius 1 is 1.42 bits per heavy atom. The van der Waals surface area contributed by atoms with E-state index in [1.807, 2.05) is 31.2 Å². The Hall–Kier alpha value is -1.09. The van der Waals surface area contributed by atoms with Crippen molar-refractivity contribution in [3.05, 3.63) is 29.8 Å². The summed E-state index contributed by atoms with van der Waals surface area (Å²) < 4.78 is 5.01. The fourth-order valence-corrected chi connectivity index (χ4v) is 1.89. The molecule has 0 saturated carbocycles. The van der Waals surface area contributed by atoms with E-state index in [9.17, 15) is 4.79 Å². The van der Waals surface area contributed by atoms with Crippen molar-refractivity contribution >= 4 is 20.9 Å². The maximum absolute atomic E-state index is 10.5. The van der Waals surface area contributed by atoms with Gasteiger partial charge in [0.1, 0.15) is 0 Å². The lowest BCUT2D eigenvalue weighted by molar-refractivity contribution is -0.131. The molecule has 0 radical (unpaired) electrons. The topological polar surface area (TPSA) is 26.3 Å². The minimum atomic E-state index is -0.837. The molecule has 0 unspecified atom stereocenters. The highest BCUT2D eigenvalue weighted by atomic mass is 28.2.